The second-order valence-electron chi connectivity index (χ2n) is 5.40. The Kier molecular flexibility index (Phi) is 3.74. The largest absolute Gasteiger partial charge is 0.455 e. The zero-order valence-electron chi connectivity index (χ0n) is 12.9. The number of rotatable bonds is 4. The number of aromatic amines is 1. The van der Waals surface area contributed by atoms with Crippen molar-refractivity contribution in [3.8, 4) is 11.3 Å². The molecule has 4 aromatic rings. The third-order valence-electron chi connectivity index (χ3n) is 3.69. The molecule has 6 nitrogen and oxygen atoms in total. The van der Waals surface area contributed by atoms with Gasteiger partial charge in [0.1, 0.15) is 18.1 Å². The molecule has 0 aliphatic carbocycles. The monoisotopic (exact) mass is 337 g/mol. The first kappa shape index (κ1) is 15.1. The summed E-state index contributed by atoms with van der Waals surface area (Å²) < 4.78 is 23.4. The molecule has 0 atom stereocenters. The van der Waals surface area contributed by atoms with Gasteiger partial charge >= 0.3 is 5.97 Å². The summed E-state index contributed by atoms with van der Waals surface area (Å²) >= 11 is 0. The molecule has 0 aliphatic rings. The highest BCUT2D eigenvalue weighted by molar-refractivity contribution is 5.93. The number of carbonyl (C=O) groups excluding carboxylic acids is 1. The van der Waals surface area contributed by atoms with Crippen LogP contribution in [-0.2, 0) is 11.3 Å². The van der Waals surface area contributed by atoms with Crippen molar-refractivity contribution in [3.05, 3.63) is 71.9 Å². The van der Waals surface area contributed by atoms with Crippen molar-refractivity contribution in [2.45, 2.75) is 6.61 Å². The van der Waals surface area contributed by atoms with Gasteiger partial charge in [0.15, 0.2) is 5.76 Å². The lowest BCUT2D eigenvalue weighted by Crippen LogP contribution is -2.05. The van der Waals surface area contributed by atoms with Gasteiger partial charge in [-0.25, -0.2) is 14.2 Å². The van der Waals surface area contributed by atoms with Crippen molar-refractivity contribution in [2.24, 2.45) is 0 Å². The van der Waals surface area contributed by atoms with E-state index in [1.165, 1.54) is 12.1 Å². The molecule has 0 amide bonds. The Morgan fingerprint density at radius 2 is 2.00 bits per heavy atom. The first-order valence-corrected chi connectivity index (χ1v) is 7.51. The number of nitrogens with one attached hydrogen (secondary N) is 1. The smallest absolute Gasteiger partial charge is 0.338 e. The van der Waals surface area contributed by atoms with Crippen LogP contribution in [0.15, 0.2) is 59.4 Å². The van der Waals surface area contributed by atoms with Crippen LogP contribution in [0.2, 0.25) is 0 Å². The van der Waals surface area contributed by atoms with E-state index >= 15 is 0 Å². The fraction of sp³-hybridized carbons (Fsp3) is 0.0556. The molecule has 0 saturated carbocycles. The van der Waals surface area contributed by atoms with Gasteiger partial charge < -0.3 is 14.2 Å². The second kappa shape index (κ2) is 6.20. The maximum atomic E-state index is 12.9. The molecule has 0 aliphatic heterocycles. The van der Waals surface area contributed by atoms with Gasteiger partial charge in [-0.05, 0) is 42.5 Å². The third kappa shape index (κ3) is 3.12. The molecule has 2 aromatic carbocycles. The molecule has 2 aromatic heterocycles. The van der Waals surface area contributed by atoms with Gasteiger partial charge in [0.05, 0.1) is 22.9 Å². The Labute approximate surface area is 141 Å². The highest BCUT2D eigenvalue weighted by Crippen LogP contribution is 2.21. The normalized spacial score (nSPS) is 10.9. The zero-order valence-corrected chi connectivity index (χ0v) is 12.9. The maximum Gasteiger partial charge on any atom is 0.338 e. The molecule has 4 rings (SSSR count). The predicted octanol–water partition coefficient (Wildman–Crippen LogP) is 3.71. The minimum absolute atomic E-state index is 0.0233. The van der Waals surface area contributed by atoms with Crippen molar-refractivity contribution in [1.29, 1.82) is 0 Å². The molecule has 0 fully saturated rings. The van der Waals surface area contributed by atoms with E-state index in [4.69, 9.17) is 9.26 Å². The van der Waals surface area contributed by atoms with Crippen molar-refractivity contribution in [2.75, 3.05) is 0 Å². The summed E-state index contributed by atoms with van der Waals surface area (Å²) in [6.45, 7) is -0.0233. The van der Waals surface area contributed by atoms with Crippen LogP contribution in [0.25, 0.3) is 22.4 Å². The molecule has 1 N–H and O–H groups in total. The van der Waals surface area contributed by atoms with Crippen LogP contribution < -0.4 is 0 Å². The summed E-state index contributed by atoms with van der Waals surface area (Å²) in [6, 6.07) is 12.6. The standard InChI is InChI=1S/C18H12FN3O3/c19-13-4-1-11(2-5-13)17-8-14(22-25-17)9-24-18(23)12-3-6-15-16(7-12)21-10-20-15/h1-8,10H,9H2,(H,20,21). The van der Waals surface area contributed by atoms with Crippen molar-refractivity contribution in [1.82, 2.24) is 15.1 Å². The Hall–Kier alpha value is -3.48. The van der Waals surface area contributed by atoms with Crippen LogP contribution in [0.1, 0.15) is 16.1 Å². The average molecular weight is 337 g/mol. The molecular weight excluding hydrogens is 325 g/mol. The van der Waals surface area contributed by atoms with Crippen molar-refractivity contribution < 1.29 is 18.4 Å². The van der Waals surface area contributed by atoms with E-state index in [1.54, 1.807) is 42.7 Å². The number of benzene rings is 2. The highest BCUT2D eigenvalue weighted by atomic mass is 19.1. The van der Waals surface area contributed by atoms with E-state index in [2.05, 4.69) is 15.1 Å². The Morgan fingerprint density at radius 1 is 1.16 bits per heavy atom. The molecule has 0 saturated heterocycles. The Bertz CT molecular complexity index is 1040. The first-order chi connectivity index (χ1) is 12.2. The number of carbonyl (C=O) groups is 1. The Balaban J connectivity index is 1.44. The number of fused-ring (bicyclic) bond motifs is 1. The fourth-order valence-corrected chi connectivity index (χ4v) is 2.42. The lowest BCUT2D eigenvalue weighted by atomic mass is 10.1. The fourth-order valence-electron chi connectivity index (χ4n) is 2.42. The summed E-state index contributed by atoms with van der Waals surface area (Å²) in [5.74, 6) is -0.320. The quantitative estimate of drug-likeness (QED) is 0.574. The molecule has 124 valence electrons. The van der Waals surface area contributed by atoms with Crippen LogP contribution >= 0.6 is 0 Å². The van der Waals surface area contributed by atoms with Crippen LogP contribution in [0.4, 0.5) is 4.39 Å². The van der Waals surface area contributed by atoms with Crippen LogP contribution in [-0.4, -0.2) is 21.1 Å². The lowest BCUT2D eigenvalue weighted by molar-refractivity contribution is 0.0464. The summed E-state index contributed by atoms with van der Waals surface area (Å²) in [7, 11) is 0. The number of ether oxygens (including phenoxy) is 1. The number of aromatic nitrogens is 3. The average Bonchev–Trinajstić information content (AvgIpc) is 3.29. The minimum Gasteiger partial charge on any atom is -0.455 e. The number of hydrogen-bond acceptors (Lipinski definition) is 5. The molecular formula is C18H12FN3O3. The van der Waals surface area contributed by atoms with E-state index in [0.717, 1.165) is 11.0 Å². The van der Waals surface area contributed by atoms with Crippen molar-refractivity contribution >= 4 is 17.0 Å². The molecule has 0 spiro atoms. The zero-order chi connectivity index (χ0) is 17.2. The minimum atomic E-state index is -0.470. The summed E-state index contributed by atoms with van der Waals surface area (Å²) in [4.78, 5) is 19.2. The van der Waals surface area contributed by atoms with E-state index < -0.39 is 5.97 Å². The number of imidazole rings is 1. The number of esters is 1. The van der Waals surface area contributed by atoms with Gasteiger partial charge in [-0.15, -0.1) is 0 Å². The Morgan fingerprint density at radius 3 is 2.84 bits per heavy atom. The number of nitrogens with zero attached hydrogens (tertiary/aromatic N) is 2. The molecule has 0 radical (unpaired) electrons. The van der Waals surface area contributed by atoms with Crippen molar-refractivity contribution in [3.63, 3.8) is 0 Å². The summed E-state index contributed by atoms with van der Waals surface area (Å²) in [5, 5.41) is 3.86. The van der Waals surface area contributed by atoms with E-state index in [1.807, 2.05) is 0 Å². The van der Waals surface area contributed by atoms with Gasteiger partial charge in [0.2, 0.25) is 0 Å². The molecule has 25 heavy (non-hydrogen) atoms. The number of H-pyrrole nitrogens is 1. The van der Waals surface area contributed by atoms with E-state index in [9.17, 15) is 9.18 Å². The van der Waals surface area contributed by atoms with Gasteiger partial charge in [-0.2, -0.15) is 0 Å². The van der Waals surface area contributed by atoms with Crippen LogP contribution in [0.5, 0.6) is 0 Å². The molecule has 7 heteroatoms. The summed E-state index contributed by atoms with van der Waals surface area (Å²) in [6.07, 6.45) is 1.56. The lowest BCUT2D eigenvalue weighted by Gasteiger charge is -2.02. The maximum absolute atomic E-state index is 12.9. The topological polar surface area (TPSA) is 81.0 Å². The van der Waals surface area contributed by atoms with E-state index in [0.29, 0.717) is 22.6 Å². The van der Waals surface area contributed by atoms with Gasteiger partial charge in [0.25, 0.3) is 0 Å². The summed E-state index contributed by atoms with van der Waals surface area (Å²) in [5.41, 5.74) is 3.11. The van der Waals surface area contributed by atoms with Crippen LogP contribution in [0.3, 0.4) is 0 Å². The van der Waals surface area contributed by atoms with Gasteiger partial charge in [-0.3, -0.25) is 0 Å². The number of halogens is 1. The highest BCUT2D eigenvalue weighted by Gasteiger charge is 2.12. The molecule has 0 unspecified atom stereocenters. The third-order valence-corrected chi connectivity index (χ3v) is 3.69. The van der Waals surface area contributed by atoms with Gasteiger partial charge in [-0.1, -0.05) is 5.16 Å². The van der Waals surface area contributed by atoms with Gasteiger partial charge in [0, 0.05) is 11.6 Å². The molecule has 2 heterocycles. The number of hydrogen-bond donors (Lipinski definition) is 1. The van der Waals surface area contributed by atoms with E-state index in [-0.39, 0.29) is 12.4 Å². The first-order valence-electron chi connectivity index (χ1n) is 7.51. The molecule has 0 bridgehead atoms. The second-order valence-corrected chi connectivity index (χ2v) is 5.40. The predicted molar refractivity (Wildman–Crippen MR) is 87.1 cm³/mol. The SMILES string of the molecule is O=C(OCc1cc(-c2ccc(F)cc2)on1)c1ccc2nc[nH]c2c1. The van der Waals surface area contributed by atoms with Crippen LogP contribution in [0, 0.1) is 5.82 Å².